The van der Waals surface area contributed by atoms with Crippen LogP contribution in [0.1, 0.15) is 25.3 Å². The Balaban J connectivity index is 2.01. The molecule has 3 rings (SSSR count). The van der Waals surface area contributed by atoms with Crippen molar-refractivity contribution in [3.05, 3.63) is 88.5 Å². The topological polar surface area (TPSA) is 55.2 Å². The van der Waals surface area contributed by atoms with Crippen molar-refractivity contribution in [1.82, 2.24) is 0 Å². The molecule has 0 bridgehead atoms. The van der Waals surface area contributed by atoms with Gasteiger partial charge in [-0.1, -0.05) is 68.4 Å². The zero-order valence-corrected chi connectivity index (χ0v) is 14.3. The Morgan fingerprint density at radius 3 is 2.20 bits per heavy atom. The van der Waals surface area contributed by atoms with Crippen LogP contribution in [0.5, 0.6) is 0 Å². The first-order valence-electron chi connectivity index (χ1n) is 8.26. The second-order valence-corrected chi connectivity index (χ2v) is 6.22. The van der Waals surface area contributed by atoms with E-state index in [0.29, 0.717) is 11.6 Å². The normalized spacial score (nSPS) is 10.7. The average molecular weight is 332 g/mol. The lowest BCUT2D eigenvalue weighted by molar-refractivity contribution is -0.383. The number of anilines is 2. The zero-order chi connectivity index (χ0) is 17.8. The van der Waals surface area contributed by atoms with Gasteiger partial charge in [0, 0.05) is 11.8 Å². The number of nitrogens with zero attached hydrogens (tertiary/aromatic N) is 1. The van der Waals surface area contributed by atoms with Crippen LogP contribution in [0.25, 0.3) is 11.1 Å². The summed E-state index contributed by atoms with van der Waals surface area (Å²) in [4.78, 5) is 11.2. The van der Waals surface area contributed by atoms with Gasteiger partial charge < -0.3 is 5.32 Å². The molecule has 3 aromatic carbocycles. The summed E-state index contributed by atoms with van der Waals surface area (Å²) >= 11 is 0. The second kappa shape index (κ2) is 7.18. The zero-order valence-electron chi connectivity index (χ0n) is 14.3. The van der Waals surface area contributed by atoms with Gasteiger partial charge in [0.05, 0.1) is 4.92 Å². The van der Waals surface area contributed by atoms with E-state index in [9.17, 15) is 10.1 Å². The van der Waals surface area contributed by atoms with Crippen LogP contribution in [-0.4, -0.2) is 4.92 Å². The molecule has 0 spiro atoms. The van der Waals surface area contributed by atoms with Gasteiger partial charge in [-0.05, 0) is 34.7 Å². The van der Waals surface area contributed by atoms with Gasteiger partial charge in [0.25, 0.3) is 5.69 Å². The molecule has 0 aliphatic carbocycles. The number of benzene rings is 3. The van der Waals surface area contributed by atoms with Gasteiger partial charge in [-0.2, -0.15) is 0 Å². The van der Waals surface area contributed by atoms with Crippen LogP contribution in [0.2, 0.25) is 0 Å². The van der Waals surface area contributed by atoms with Crippen LogP contribution in [-0.2, 0) is 0 Å². The van der Waals surface area contributed by atoms with E-state index in [4.69, 9.17) is 0 Å². The molecule has 0 unspecified atom stereocenters. The molecule has 126 valence electrons. The first-order valence-corrected chi connectivity index (χ1v) is 8.26. The molecule has 4 nitrogen and oxygen atoms in total. The van der Waals surface area contributed by atoms with Gasteiger partial charge in [0.15, 0.2) is 0 Å². The molecule has 0 heterocycles. The maximum absolute atomic E-state index is 11.6. The van der Waals surface area contributed by atoms with Gasteiger partial charge in [-0.3, -0.25) is 10.1 Å². The van der Waals surface area contributed by atoms with Crippen molar-refractivity contribution in [3.8, 4) is 11.1 Å². The Kier molecular flexibility index (Phi) is 4.80. The predicted octanol–water partition coefficient (Wildman–Crippen LogP) is 6.13. The third kappa shape index (κ3) is 3.69. The molecular formula is C21H20N2O2. The van der Waals surface area contributed by atoms with Crippen molar-refractivity contribution >= 4 is 17.1 Å². The van der Waals surface area contributed by atoms with E-state index in [1.165, 1.54) is 0 Å². The first-order chi connectivity index (χ1) is 12.1. The van der Waals surface area contributed by atoms with Gasteiger partial charge in [0.2, 0.25) is 0 Å². The molecular weight excluding hydrogens is 312 g/mol. The Morgan fingerprint density at radius 1 is 0.840 bits per heavy atom. The minimum absolute atomic E-state index is 0.0694. The second-order valence-electron chi connectivity index (χ2n) is 6.22. The van der Waals surface area contributed by atoms with Crippen LogP contribution in [0, 0.1) is 10.1 Å². The highest BCUT2D eigenvalue weighted by atomic mass is 16.6. The summed E-state index contributed by atoms with van der Waals surface area (Å²) in [5, 5.41) is 14.8. The summed E-state index contributed by atoms with van der Waals surface area (Å²) < 4.78 is 0. The van der Waals surface area contributed by atoms with Crippen LogP contribution in [0.15, 0.2) is 72.8 Å². The third-order valence-electron chi connectivity index (χ3n) is 4.15. The maximum atomic E-state index is 11.6. The van der Waals surface area contributed by atoms with Crippen molar-refractivity contribution in [2.75, 3.05) is 5.32 Å². The minimum atomic E-state index is -0.341. The fourth-order valence-corrected chi connectivity index (χ4v) is 2.86. The van der Waals surface area contributed by atoms with Crippen molar-refractivity contribution < 1.29 is 4.92 Å². The molecule has 0 radical (unpaired) electrons. The molecule has 0 atom stereocenters. The summed E-state index contributed by atoms with van der Waals surface area (Å²) in [6.45, 7) is 4.21. The molecule has 0 aromatic heterocycles. The van der Waals surface area contributed by atoms with Crippen LogP contribution in [0.4, 0.5) is 17.1 Å². The lowest BCUT2D eigenvalue weighted by atomic mass is 10.0. The highest BCUT2D eigenvalue weighted by molar-refractivity contribution is 5.77. The molecule has 0 fully saturated rings. The van der Waals surface area contributed by atoms with E-state index in [0.717, 1.165) is 22.4 Å². The summed E-state index contributed by atoms with van der Waals surface area (Å²) in [7, 11) is 0. The number of hydrogen-bond acceptors (Lipinski definition) is 3. The largest absolute Gasteiger partial charge is 0.350 e. The van der Waals surface area contributed by atoms with Crippen molar-refractivity contribution in [2.45, 2.75) is 19.8 Å². The Labute approximate surface area is 147 Å². The summed E-state index contributed by atoms with van der Waals surface area (Å²) in [6, 6.07) is 22.9. The van der Waals surface area contributed by atoms with Gasteiger partial charge in [-0.25, -0.2) is 0 Å². The smallest absolute Gasteiger partial charge is 0.293 e. The number of hydrogen-bond donors (Lipinski definition) is 1. The van der Waals surface area contributed by atoms with E-state index in [1.54, 1.807) is 12.1 Å². The molecule has 1 N–H and O–H groups in total. The monoisotopic (exact) mass is 332 g/mol. The van der Waals surface area contributed by atoms with Gasteiger partial charge >= 0.3 is 0 Å². The standard InChI is InChI=1S/C21H20N2O2/c1-15(2)18-10-6-7-11-19(18)22-20-13-12-17(14-21(20)23(24)25)16-8-4-3-5-9-16/h3-15,22H,1-2H3. The van der Waals surface area contributed by atoms with E-state index >= 15 is 0 Å². The molecule has 0 saturated heterocycles. The van der Waals surface area contributed by atoms with Crippen LogP contribution >= 0.6 is 0 Å². The number of nitro benzene ring substituents is 1. The van der Waals surface area contributed by atoms with E-state index in [2.05, 4.69) is 19.2 Å². The lowest BCUT2D eigenvalue weighted by Crippen LogP contribution is -2.01. The number of nitro groups is 1. The first kappa shape index (κ1) is 16.7. The Morgan fingerprint density at radius 2 is 1.52 bits per heavy atom. The minimum Gasteiger partial charge on any atom is -0.350 e. The SMILES string of the molecule is CC(C)c1ccccc1Nc1ccc(-c2ccccc2)cc1[N+](=O)[O-]. The molecule has 0 amide bonds. The van der Waals surface area contributed by atoms with Crippen molar-refractivity contribution in [2.24, 2.45) is 0 Å². The van der Waals surface area contributed by atoms with Crippen molar-refractivity contribution in [3.63, 3.8) is 0 Å². The molecule has 0 saturated carbocycles. The van der Waals surface area contributed by atoms with Crippen LogP contribution < -0.4 is 5.32 Å². The Hall–Kier alpha value is -3.14. The summed E-state index contributed by atoms with van der Waals surface area (Å²) in [6.07, 6.45) is 0. The molecule has 25 heavy (non-hydrogen) atoms. The quantitative estimate of drug-likeness (QED) is 0.452. The number of para-hydroxylation sites is 1. The Bertz CT molecular complexity index is 889. The molecule has 0 aliphatic heterocycles. The van der Waals surface area contributed by atoms with Gasteiger partial charge in [-0.15, -0.1) is 0 Å². The highest BCUT2D eigenvalue weighted by Gasteiger charge is 2.17. The maximum Gasteiger partial charge on any atom is 0.293 e. The van der Waals surface area contributed by atoms with E-state index < -0.39 is 0 Å². The molecule has 3 aromatic rings. The lowest BCUT2D eigenvalue weighted by Gasteiger charge is -2.15. The van der Waals surface area contributed by atoms with Crippen molar-refractivity contribution in [1.29, 1.82) is 0 Å². The van der Waals surface area contributed by atoms with Gasteiger partial charge in [0.1, 0.15) is 5.69 Å². The summed E-state index contributed by atoms with van der Waals surface area (Å²) in [5.41, 5.74) is 4.38. The fraction of sp³-hybridized carbons (Fsp3) is 0.143. The third-order valence-corrected chi connectivity index (χ3v) is 4.15. The number of nitrogens with one attached hydrogen (secondary N) is 1. The van der Waals surface area contributed by atoms with Crippen LogP contribution in [0.3, 0.4) is 0 Å². The molecule has 4 heteroatoms. The fourth-order valence-electron chi connectivity index (χ4n) is 2.86. The molecule has 0 aliphatic rings. The predicted molar refractivity (Wildman–Crippen MR) is 102 cm³/mol. The summed E-state index contributed by atoms with van der Waals surface area (Å²) in [5.74, 6) is 0.325. The highest BCUT2D eigenvalue weighted by Crippen LogP contribution is 2.34. The van der Waals surface area contributed by atoms with E-state index in [1.807, 2.05) is 60.7 Å². The average Bonchev–Trinajstić information content (AvgIpc) is 2.63. The number of rotatable bonds is 5. The van der Waals surface area contributed by atoms with E-state index in [-0.39, 0.29) is 10.6 Å².